The molecule has 120 valence electrons. The van der Waals surface area contributed by atoms with E-state index in [9.17, 15) is 19.7 Å². The molecule has 0 spiro atoms. The molecule has 9 heteroatoms. The van der Waals surface area contributed by atoms with Crippen molar-refractivity contribution >= 4 is 17.5 Å². The molecule has 9 nitrogen and oxygen atoms in total. The van der Waals surface area contributed by atoms with E-state index >= 15 is 0 Å². The fourth-order valence-electron chi connectivity index (χ4n) is 1.77. The number of nitro groups is 1. The second-order valence-electron chi connectivity index (χ2n) is 4.69. The quantitative estimate of drug-likeness (QED) is 0.559. The van der Waals surface area contributed by atoms with Crippen molar-refractivity contribution in [2.75, 3.05) is 6.54 Å². The van der Waals surface area contributed by atoms with Crippen molar-refractivity contribution in [2.24, 2.45) is 0 Å². The number of hydrogen-bond donors (Lipinski definition) is 2. The first kappa shape index (κ1) is 16.1. The zero-order valence-corrected chi connectivity index (χ0v) is 12.1. The second-order valence-corrected chi connectivity index (χ2v) is 4.69. The molecule has 0 atom stereocenters. The molecular weight excluding hydrogens is 302 g/mol. The lowest BCUT2D eigenvalue weighted by Crippen LogP contribution is -2.38. The van der Waals surface area contributed by atoms with Crippen molar-refractivity contribution in [3.8, 4) is 0 Å². The molecule has 1 heterocycles. The number of rotatable bonds is 7. The largest absolute Gasteiger partial charge is 0.350 e. The number of nitrogens with zero attached hydrogens (tertiary/aromatic N) is 3. The Balaban J connectivity index is 1.71. The predicted octanol–water partition coefficient (Wildman–Crippen LogP) is 0.224. The van der Waals surface area contributed by atoms with Crippen LogP contribution >= 0.6 is 0 Å². The molecule has 0 unspecified atom stereocenters. The summed E-state index contributed by atoms with van der Waals surface area (Å²) in [4.78, 5) is 33.2. The van der Waals surface area contributed by atoms with E-state index in [1.165, 1.54) is 0 Å². The van der Waals surface area contributed by atoms with Gasteiger partial charge in [-0.2, -0.15) is 5.10 Å². The molecule has 0 saturated carbocycles. The molecule has 1 aromatic carbocycles. The minimum absolute atomic E-state index is 0.172. The van der Waals surface area contributed by atoms with Crippen LogP contribution in [0.3, 0.4) is 0 Å². The van der Waals surface area contributed by atoms with Crippen LogP contribution in [0.4, 0.5) is 5.69 Å². The molecule has 1 aromatic heterocycles. The topological polar surface area (TPSA) is 119 Å². The van der Waals surface area contributed by atoms with Crippen molar-refractivity contribution < 1.29 is 14.5 Å². The maximum Gasteiger partial charge on any atom is 0.307 e. The lowest BCUT2D eigenvalue weighted by molar-refractivity contribution is -0.385. The van der Waals surface area contributed by atoms with Gasteiger partial charge in [-0.3, -0.25) is 24.4 Å². The molecule has 0 aliphatic carbocycles. The fraction of sp³-hybridized carbons (Fsp3) is 0.214. The van der Waals surface area contributed by atoms with Crippen LogP contribution in [0.15, 0.2) is 42.7 Å². The third-order valence-corrected chi connectivity index (χ3v) is 2.91. The van der Waals surface area contributed by atoms with Crippen LogP contribution in [0.25, 0.3) is 0 Å². The summed E-state index contributed by atoms with van der Waals surface area (Å²) in [7, 11) is 0. The summed E-state index contributed by atoms with van der Waals surface area (Å²) in [5.74, 6) is -0.786. The van der Waals surface area contributed by atoms with Gasteiger partial charge >= 0.3 is 5.69 Å². The Hall–Kier alpha value is -3.23. The minimum Gasteiger partial charge on any atom is -0.350 e. The van der Waals surface area contributed by atoms with Crippen molar-refractivity contribution in [1.82, 2.24) is 20.4 Å². The summed E-state index contributed by atoms with van der Waals surface area (Å²) in [6.45, 7) is 0.00965. The van der Waals surface area contributed by atoms with Gasteiger partial charge in [0.2, 0.25) is 11.8 Å². The van der Waals surface area contributed by atoms with Crippen LogP contribution in [0, 0.1) is 10.1 Å². The van der Waals surface area contributed by atoms with E-state index in [0.29, 0.717) is 6.54 Å². The minimum atomic E-state index is -0.599. The highest BCUT2D eigenvalue weighted by atomic mass is 16.6. The van der Waals surface area contributed by atoms with Crippen LogP contribution < -0.4 is 10.6 Å². The SMILES string of the molecule is O=C(CNC(=O)Cn1cc([N+](=O)[O-])cn1)NCc1ccccc1. The smallest absolute Gasteiger partial charge is 0.307 e. The highest BCUT2D eigenvalue weighted by molar-refractivity contribution is 5.84. The first-order chi connectivity index (χ1) is 11.0. The number of carbonyl (C=O) groups is 2. The van der Waals surface area contributed by atoms with E-state index in [-0.39, 0.29) is 24.7 Å². The average Bonchev–Trinajstić information content (AvgIpc) is 3.00. The molecule has 2 N–H and O–H groups in total. The van der Waals surface area contributed by atoms with Crippen molar-refractivity contribution in [3.63, 3.8) is 0 Å². The molecule has 2 aromatic rings. The lowest BCUT2D eigenvalue weighted by Gasteiger charge is -2.07. The number of aromatic nitrogens is 2. The average molecular weight is 317 g/mol. The molecule has 0 radical (unpaired) electrons. The zero-order chi connectivity index (χ0) is 16.7. The van der Waals surface area contributed by atoms with Crippen LogP contribution in [-0.4, -0.2) is 33.1 Å². The Bertz CT molecular complexity index is 698. The van der Waals surface area contributed by atoms with Gasteiger partial charge in [-0.15, -0.1) is 0 Å². The monoisotopic (exact) mass is 317 g/mol. The van der Waals surface area contributed by atoms with E-state index in [4.69, 9.17) is 0 Å². The summed E-state index contributed by atoms with van der Waals surface area (Å²) in [6, 6.07) is 9.37. The van der Waals surface area contributed by atoms with Crippen molar-refractivity contribution in [3.05, 3.63) is 58.4 Å². The summed E-state index contributed by atoms with van der Waals surface area (Å²) in [6.07, 6.45) is 2.20. The lowest BCUT2D eigenvalue weighted by atomic mass is 10.2. The van der Waals surface area contributed by atoms with Crippen LogP contribution in [0.2, 0.25) is 0 Å². The van der Waals surface area contributed by atoms with Gasteiger partial charge in [-0.05, 0) is 5.56 Å². The van der Waals surface area contributed by atoms with Gasteiger partial charge in [0, 0.05) is 6.54 Å². The molecule has 0 aliphatic heterocycles. The molecular formula is C14H15N5O4. The van der Waals surface area contributed by atoms with E-state index in [0.717, 1.165) is 22.6 Å². The van der Waals surface area contributed by atoms with E-state index in [1.807, 2.05) is 30.3 Å². The Labute approximate surface area is 131 Å². The highest BCUT2D eigenvalue weighted by Gasteiger charge is 2.11. The van der Waals surface area contributed by atoms with Crippen LogP contribution in [0.1, 0.15) is 5.56 Å². The number of hydrogen-bond acceptors (Lipinski definition) is 5. The van der Waals surface area contributed by atoms with Crippen molar-refractivity contribution in [2.45, 2.75) is 13.1 Å². The molecule has 2 rings (SSSR count). The van der Waals surface area contributed by atoms with Gasteiger partial charge in [0.05, 0.1) is 11.5 Å². The fourth-order valence-corrected chi connectivity index (χ4v) is 1.77. The third kappa shape index (κ3) is 5.23. The molecule has 23 heavy (non-hydrogen) atoms. The third-order valence-electron chi connectivity index (χ3n) is 2.91. The molecule has 2 amide bonds. The van der Waals surface area contributed by atoms with E-state index in [1.54, 1.807) is 0 Å². The second kappa shape index (κ2) is 7.69. The Morgan fingerprint density at radius 1 is 1.17 bits per heavy atom. The number of benzene rings is 1. The maximum absolute atomic E-state index is 11.6. The Morgan fingerprint density at radius 2 is 1.91 bits per heavy atom. The van der Waals surface area contributed by atoms with Gasteiger partial charge < -0.3 is 10.6 Å². The molecule has 0 saturated heterocycles. The first-order valence-electron chi connectivity index (χ1n) is 6.79. The molecule has 0 bridgehead atoms. The summed E-state index contributed by atoms with van der Waals surface area (Å²) in [5.41, 5.74) is 0.759. The van der Waals surface area contributed by atoms with Crippen LogP contribution in [0.5, 0.6) is 0 Å². The molecule has 0 aliphatic rings. The molecule has 0 fully saturated rings. The van der Waals surface area contributed by atoms with Gasteiger partial charge in [0.25, 0.3) is 0 Å². The number of amides is 2. The Kier molecular flexibility index (Phi) is 5.40. The van der Waals surface area contributed by atoms with Crippen LogP contribution in [-0.2, 0) is 22.7 Å². The Morgan fingerprint density at radius 3 is 2.57 bits per heavy atom. The first-order valence-corrected chi connectivity index (χ1v) is 6.79. The van der Waals surface area contributed by atoms with Gasteiger partial charge in [0.1, 0.15) is 18.9 Å². The van der Waals surface area contributed by atoms with Crippen molar-refractivity contribution in [1.29, 1.82) is 0 Å². The number of carbonyl (C=O) groups excluding carboxylic acids is 2. The predicted molar refractivity (Wildman–Crippen MR) is 80.2 cm³/mol. The van der Waals surface area contributed by atoms with Gasteiger partial charge in [-0.1, -0.05) is 30.3 Å². The van der Waals surface area contributed by atoms with Gasteiger partial charge in [-0.25, -0.2) is 0 Å². The van der Waals surface area contributed by atoms with E-state index in [2.05, 4.69) is 15.7 Å². The van der Waals surface area contributed by atoms with Gasteiger partial charge in [0.15, 0.2) is 0 Å². The number of nitrogens with one attached hydrogen (secondary N) is 2. The standard InChI is InChI=1S/C14H15N5O4/c20-13(15-6-11-4-2-1-3-5-11)8-16-14(21)10-18-9-12(7-17-18)19(22)23/h1-5,7,9H,6,8,10H2,(H,15,20)(H,16,21). The van der Waals surface area contributed by atoms with E-state index < -0.39 is 10.8 Å². The summed E-state index contributed by atoms with van der Waals surface area (Å²) < 4.78 is 1.13. The normalized spacial score (nSPS) is 10.1. The zero-order valence-electron chi connectivity index (χ0n) is 12.1. The summed E-state index contributed by atoms with van der Waals surface area (Å²) in [5, 5.41) is 19.3. The highest BCUT2D eigenvalue weighted by Crippen LogP contribution is 2.07. The summed E-state index contributed by atoms with van der Waals surface area (Å²) >= 11 is 0. The maximum atomic E-state index is 11.6.